The number of benzene rings is 11. The average Bonchev–Trinajstić information content (AvgIpc) is 3.96. The van der Waals surface area contributed by atoms with E-state index in [1.54, 1.807) is 0 Å². The molecular formula is C67H45NO. The van der Waals surface area contributed by atoms with Crippen molar-refractivity contribution in [2.75, 3.05) is 4.90 Å². The van der Waals surface area contributed by atoms with Gasteiger partial charge in [0.15, 0.2) is 0 Å². The first kappa shape index (κ1) is 40.3. The molecule has 11 aromatic carbocycles. The normalized spacial score (nSPS) is 12.5. The summed E-state index contributed by atoms with van der Waals surface area (Å²) in [5.41, 5.74) is 21.4. The number of rotatable bonds is 9. The molecule has 1 aromatic heterocycles. The molecule has 0 fully saturated rings. The second kappa shape index (κ2) is 16.7. The van der Waals surface area contributed by atoms with Crippen LogP contribution >= 0.6 is 0 Å². The molecule has 0 aliphatic heterocycles. The summed E-state index contributed by atoms with van der Waals surface area (Å²) in [5, 5.41) is 2.25. The molecule has 1 aliphatic rings. The molecule has 13 rings (SSSR count). The first-order valence-electron chi connectivity index (χ1n) is 23.7. The van der Waals surface area contributed by atoms with Crippen molar-refractivity contribution in [2.24, 2.45) is 0 Å². The lowest BCUT2D eigenvalue weighted by molar-refractivity contribution is 0.669. The SMILES string of the molecule is c1ccc(-c2ccc(-c3cccc(N(c4cccc(-c5ccc6c(c5)oc5ccccc56)c4)c4cccc(-c5cccc6c5-c5ccccc5C6(c5ccccc5)c5ccccc5)c4)c3)cc2)cc1. The lowest BCUT2D eigenvalue weighted by Gasteiger charge is -2.34. The van der Waals surface area contributed by atoms with Crippen molar-refractivity contribution in [1.29, 1.82) is 0 Å². The number of fused-ring (bicyclic) bond motifs is 6. The van der Waals surface area contributed by atoms with E-state index in [1.165, 1.54) is 50.1 Å². The molecule has 0 unspecified atom stereocenters. The van der Waals surface area contributed by atoms with Crippen LogP contribution in [0.4, 0.5) is 17.1 Å². The number of hydrogen-bond acceptors (Lipinski definition) is 2. The van der Waals surface area contributed by atoms with E-state index in [0.717, 1.165) is 66.8 Å². The molecule has 0 atom stereocenters. The van der Waals surface area contributed by atoms with E-state index in [9.17, 15) is 0 Å². The highest BCUT2D eigenvalue weighted by molar-refractivity contribution is 6.06. The number of para-hydroxylation sites is 1. The van der Waals surface area contributed by atoms with E-state index in [4.69, 9.17) is 4.42 Å². The fraction of sp³-hybridized carbons (Fsp3) is 0.0149. The lowest BCUT2D eigenvalue weighted by atomic mass is 9.67. The lowest BCUT2D eigenvalue weighted by Crippen LogP contribution is -2.28. The van der Waals surface area contributed by atoms with Crippen LogP contribution in [0, 0.1) is 0 Å². The minimum Gasteiger partial charge on any atom is -0.456 e. The van der Waals surface area contributed by atoms with Gasteiger partial charge in [-0.3, -0.25) is 0 Å². The quantitative estimate of drug-likeness (QED) is 0.144. The van der Waals surface area contributed by atoms with Crippen molar-refractivity contribution in [3.8, 4) is 55.6 Å². The summed E-state index contributed by atoms with van der Waals surface area (Å²) in [6.07, 6.45) is 0. The van der Waals surface area contributed by atoms with Crippen LogP contribution in [0.5, 0.6) is 0 Å². The number of anilines is 3. The maximum Gasteiger partial charge on any atom is 0.136 e. The molecule has 324 valence electrons. The number of nitrogens with zero attached hydrogens (tertiary/aromatic N) is 1. The Morgan fingerprint density at radius 3 is 1.39 bits per heavy atom. The maximum atomic E-state index is 6.38. The standard InChI is InChI=1S/C67H45NO/c1-4-18-46(19-5-1)47-36-38-48(39-37-47)49-20-14-27-55(42-49)68(56-28-15-21-50(43-56)51-40-41-60-59-30-11-13-35-64(59)69-65(60)45-51)57-29-16-22-52(44-57)58-32-17-34-63-66(58)61-31-10-12-33-62(61)67(63,53-23-6-2-7-24-53)54-25-8-3-9-26-54/h1-45H. The number of hydrogen-bond donors (Lipinski definition) is 0. The van der Waals surface area contributed by atoms with E-state index in [0.29, 0.717) is 0 Å². The molecule has 12 aromatic rings. The first-order valence-corrected chi connectivity index (χ1v) is 23.7. The molecule has 1 aliphatic carbocycles. The Morgan fingerprint density at radius 2 is 0.710 bits per heavy atom. The summed E-state index contributed by atoms with van der Waals surface area (Å²) in [6.45, 7) is 0. The second-order valence-corrected chi connectivity index (χ2v) is 18.0. The van der Waals surface area contributed by atoms with Crippen LogP contribution in [0.15, 0.2) is 277 Å². The topological polar surface area (TPSA) is 16.4 Å². The molecule has 0 saturated carbocycles. The smallest absolute Gasteiger partial charge is 0.136 e. The Hall–Kier alpha value is -8.98. The van der Waals surface area contributed by atoms with E-state index in [1.807, 2.05) is 12.1 Å². The van der Waals surface area contributed by atoms with Crippen LogP contribution < -0.4 is 4.90 Å². The van der Waals surface area contributed by atoms with Crippen LogP contribution in [0.3, 0.4) is 0 Å². The van der Waals surface area contributed by atoms with Gasteiger partial charge in [-0.05, 0) is 132 Å². The van der Waals surface area contributed by atoms with Crippen molar-refractivity contribution >= 4 is 39.0 Å². The minimum absolute atomic E-state index is 0.486. The zero-order valence-corrected chi connectivity index (χ0v) is 37.8. The van der Waals surface area contributed by atoms with Gasteiger partial charge in [-0.2, -0.15) is 0 Å². The fourth-order valence-electron chi connectivity index (χ4n) is 11.0. The highest BCUT2D eigenvalue weighted by Crippen LogP contribution is 2.58. The van der Waals surface area contributed by atoms with Crippen LogP contribution in [0.1, 0.15) is 22.3 Å². The highest BCUT2D eigenvalue weighted by atomic mass is 16.3. The zero-order valence-electron chi connectivity index (χ0n) is 37.8. The second-order valence-electron chi connectivity index (χ2n) is 18.0. The monoisotopic (exact) mass is 879 g/mol. The first-order chi connectivity index (χ1) is 34.2. The van der Waals surface area contributed by atoms with E-state index in [-0.39, 0.29) is 0 Å². The third-order valence-corrected chi connectivity index (χ3v) is 14.1. The molecule has 2 heteroatoms. The fourth-order valence-corrected chi connectivity index (χ4v) is 11.0. The third kappa shape index (κ3) is 6.80. The molecular weight excluding hydrogens is 835 g/mol. The summed E-state index contributed by atoms with van der Waals surface area (Å²) in [5.74, 6) is 0. The predicted molar refractivity (Wildman–Crippen MR) is 287 cm³/mol. The van der Waals surface area contributed by atoms with Crippen molar-refractivity contribution in [3.05, 3.63) is 295 Å². The van der Waals surface area contributed by atoms with Crippen LogP contribution in [0.25, 0.3) is 77.6 Å². The third-order valence-electron chi connectivity index (χ3n) is 14.1. The van der Waals surface area contributed by atoms with Crippen molar-refractivity contribution in [2.45, 2.75) is 5.41 Å². The summed E-state index contributed by atoms with van der Waals surface area (Å²) in [7, 11) is 0. The molecule has 2 nitrogen and oxygen atoms in total. The van der Waals surface area contributed by atoms with Crippen LogP contribution in [-0.4, -0.2) is 0 Å². The summed E-state index contributed by atoms with van der Waals surface area (Å²) in [4.78, 5) is 2.41. The van der Waals surface area contributed by atoms with E-state index in [2.05, 4.69) is 266 Å². The molecule has 69 heavy (non-hydrogen) atoms. The maximum absolute atomic E-state index is 6.38. The molecule has 1 heterocycles. The minimum atomic E-state index is -0.486. The van der Waals surface area contributed by atoms with Gasteiger partial charge in [0.05, 0.1) is 5.41 Å². The van der Waals surface area contributed by atoms with Gasteiger partial charge < -0.3 is 9.32 Å². The summed E-state index contributed by atoms with van der Waals surface area (Å²) < 4.78 is 6.38. The molecule has 0 N–H and O–H groups in total. The molecule has 0 spiro atoms. The summed E-state index contributed by atoms with van der Waals surface area (Å²) in [6, 6.07) is 99.3. The Morgan fingerprint density at radius 1 is 0.275 bits per heavy atom. The van der Waals surface area contributed by atoms with Gasteiger partial charge in [-0.25, -0.2) is 0 Å². The Bertz CT molecular complexity index is 3790. The van der Waals surface area contributed by atoms with Gasteiger partial charge in [0.1, 0.15) is 11.2 Å². The van der Waals surface area contributed by atoms with Crippen molar-refractivity contribution < 1.29 is 4.42 Å². The van der Waals surface area contributed by atoms with Gasteiger partial charge in [0.2, 0.25) is 0 Å². The zero-order chi connectivity index (χ0) is 45.7. The molecule has 0 radical (unpaired) electrons. The van der Waals surface area contributed by atoms with Crippen LogP contribution in [0.2, 0.25) is 0 Å². The summed E-state index contributed by atoms with van der Waals surface area (Å²) >= 11 is 0. The van der Waals surface area contributed by atoms with Crippen molar-refractivity contribution in [3.63, 3.8) is 0 Å². The van der Waals surface area contributed by atoms with Gasteiger partial charge >= 0.3 is 0 Å². The molecule has 0 saturated heterocycles. The van der Waals surface area contributed by atoms with Gasteiger partial charge in [0.25, 0.3) is 0 Å². The largest absolute Gasteiger partial charge is 0.456 e. The van der Waals surface area contributed by atoms with E-state index < -0.39 is 5.41 Å². The van der Waals surface area contributed by atoms with Gasteiger partial charge in [-0.1, -0.05) is 218 Å². The van der Waals surface area contributed by atoms with Gasteiger partial charge in [-0.15, -0.1) is 0 Å². The Kier molecular flexibility index (Phi) is 9.77. The molecule has 0 bridgehead atoms. The van der Waals surface area contributed by atoms with Gasteiger partial charge in [0, 0.05) is 27.8 Å². The highest BCUT2D eigenvalue weighted by Gasteiger charge is 2.46. The predicted octanol–water partition coefficient (Wildman–Crippen LogP) is 18.1. The Balaban J connectivity index is 0.971. The van der Waals surface area contributed by atoms with Crippen molar-refractivity contribution in [1.82, 2.24) is 0 Å². The van der Waals surface area contributed by atoms with Crippen LogP contribution in [-0.2, 0) is 5.41 Å². The molecule has 0 amide bonds. The van der Waals surface area contributed by atoms with E-state index >= 15 is 0 Å². The number of furan rings is 1. The average molecular weight is 880 g/mol. The Labute approximate surface area is 402 Å².